The first-order valence-corrected chi connectivity index (χ1v) is 10.6. The first-order valence-electron chi connectivity index (χ1n) is 10.6. The number of rotatable bonds is 11. The van der Waals surface area contributed by atoms with Gasteiger partial charge in [-0.05, 0) is 49.9 Å². The summed E-state index contributed by atoms with van der Waals surface area (Å²) >= 11 is 0. The molecule has 0 heterocycles. The maximum Gasteiger partial charge on any atom is 0.242 e. The smallest absolute Gasteiger partial charge is 0.242 e. The molecule has 9 heteroatoms. The number of nitrogens with two attached hydrogens (primary N) is 1. The highest BCUT2D eigenvalue weighted by Crippen LogP contribution is 2.11. The first-order chi connectivity index (χ1) is 15.7. The normalized spacial score (nSPS) is 13.3. The molecule has 0 aliphatic heterocycles. The Morgan fingerprint density at radius 2 is 1.48 bits per heavy atom. The summed E-state index contributed by atoms with van der Waals surface area (Å²) in [6, 6.07) is 13.1. The van der Waals surface area contributed by atoms with Crippen LogP contribution < -0.4 is 21.7 Å². The molecule has 176 valence electrons. The summed E-state index contributed by atoms with van der Waals surface area (Å²) in [5.41, 5.74) is 7.57. The molecular formula is C24H30N4O5. The van der Waals surface area contributed by atoms with Crippen molar-refractivity contribution in [2.24, 2.45) is 5.73 Å². The van der Waals surface area contributed by atoms with Crippen molar-refractivity contribution in [3.63, 3.8) is 0 Å². The number of nitrogens with one attached hydrogen (secondary N) is 3. The molecule has 1 unspecified atom stereocenters. The molecule has 0 aromatic heterocycles. The molecule has 0 aliphatic carbocycles. The van der Waals surface area contributed by atoms with E-state index in [1.54, 1.807) is 12.1 Å². The van der Waals surface area contributed by atoms with E-state index in [1.807, 2.05) is 30.3 Å². The molecule has 0 saturated heterocycles. The molecule has 0 aliphatic rings. The lowest BCUT2D eigenvalue weighted by Gasteiger charge is -2.19. The Morgan fingerprint density at radius 3 is 2.09 bits per heavy atom. The van der Waals surface area contributed by atoms with Gasteiger partial charge in [-0.1, -0.05) is 42.5 Å². The Morgan fingerprint density at radius 1 is 0.879 bits per heavy atom. The van der Waals surface area contributed by atoms with Crippen molar-refractivity contribution >= 4 is 23.5 Å². The summed E-state index contributed by atoms with van der Waals surface area (Å²) in [7, 11) is 0. The zero-order valence-corrected chi connectivity index (χ0v) is 18.7. The van der Waals surface area contributed by atoms with E-state index in [1.165, 1.54) is 26.0 Å². The highest BCUT2D eigenvalue weighted by molar-refractivity contribution is 5.93. The van der Waals surface area contributed by atoms with Crippen LogP contribution in [0.15, 0.2) is 54.6 Å². The van der Waals surface area contributed by atoms with Crippen molar-refractivity contribution in [2.75, 3.05) is 6.54 Å². The summed E-state index contributed by atoms with van der Waals surface area (Å²) in [6.45, 7) is 2.54. The Balaban J connectivity index is 1.78. The fourth-order valence-electron chi connectivity index (χ4n) is 3.08. The third-order valence-electron chi connectivity index (χ3n) is 5.01. The van der Waals surface area contributed by atoms with Gasteiger partial charge in [-0.3, -0.25) is 19.2 Å². The average molecular weight is 455 g/mol. The monoisotopic (exact) mass is 454 g/mol. The Bertz CT molecular complexity index is 963. The second kappa shape index (κ2) is 12.4. The second-order valence-corrected chi connectivity index (χ2v) is 7.85. The van der Waals surface area contributed by atoms with Crippen molar-refractivity contribution in [2.45, 2.75) is 44.8 Å². The van der Waals surface area contributed by atoms with E-state index in [0.29, 0.717) is 6.42 Å². The molecule has 0 fully saturated rings. The molecule has 0 spiro atoms. The van der Waals surface area contributed by atoms with E-state index in [9.17, 15) is 24.3 Å². The lowest BCUT2D eigenvalue weighted by atomic mass is 10.0. The highest BCUT2D eigenvalue weighted by Gasteiger charge is 2.22. The number of aromatic hydroxyl groups is 1. The van der Waals surface area contributed by atoms with E-state index in [2.05, 4.69) is 16.0 Å². The van der Waals surface area contributed by atoms with Crippen molar-refractivity contribution < 1.29 is 24.3 Å². The zero-order valence-electron chi connectivity index (χ0n) is 18.7. The number of carbonyl (C=O) groups excluding carboxylic acids is 4. The molecule has 0 saturated carbocycles. The van der Waals surface area contributed by atoms with Gasteiger partial charge >= 0.3 is 0 Å². The molecule has 3 amide bonds. The SMILES string of the molecule is CC(=O)C(Cc1ccccc1)NC(=O)CNC(=O)[C@@H](C)NC(=O)[C@@H](N)Cc1ccc(O)cc1. The summed E-state index contributed by atoms with van der Waals surface area (Å²) in [4.78, 5) is 48.7. The van der Waals surface area contributed by atoms with Gasteiger partial charge in [-0.2, -0.15) is 0 Å². The summed E-state index contributed by atoms with van der Waals surface area (Å²) in [5, 5.41) is 16.9. The van der Waals surface area contributed by atoms with Gasteiger partial charge < -0.3 is 26.8 Å². The zero-order chi connectivity index (χ0) is 24.4. The van der Waals surface area contributed by atoms with Crippen LogP contribution in [0.1, 0.15) is 25.0 Å². The van der Waals surface area contributed by atoms with Crippen molar-refractivity contribution in [1.29, 1.82) is 0 Å². The molecule has 2 aromatic rings. The first kappa shape index (κ1) is 25.5. The summed E-state index contributed by atoms with van der Waals surface area (Å²) in [5.74, 6) is -1.67. The van der Waals surface area contributed by atoms with Crippen molar-refractivity contribution in [3.05, 3.63) is 65.7 Å². The predicted molar refractivity (Wildman–Crippen MR) is 123 cm³/mol. The lowest BCUT2D eigenvalue weighted by Crippen LogP contribution is -2.52. The molecular weight excluding hydrogens is 424 g/mol. The van der Waals surface area contributed by atoms with Crippen LogP contribution in [0, 0.1) is 0 Å². The molecule has 0 bridgehead atoms. The summed E-state index contributed by atoms with van der Waals surface area (Å²) in [6.07, 6.45) is 0.581. The predicted octanol–water partition coefficient (Wildman–Crippen LogP) is 0.199. The minimum absolute atomic E-state index is 0.112. The number of phenolic OH excluding ortho intramolecular Hbond substituents is 1. The van der Waals surface area contributed by atoms with Gasteiger partial charge in [0.25, 0.3) is 0 Å². The maximum atomic E-state index is 12.3. The quantitative estimate of drug-likeness (QED) is 0.327. The fraction of sp³-hybridized carbons (Fsp3) is 0.333. The van der Waals surface area contributed by atoms with Crippen LogP contribution >= 0.6 is 0 Å². The minimum Gasteiger partial charge on any atom is -0.508 e. The molecule has 9 nitrogen and oxygen atoms in total. The number of benzene rings is 2. The minimum atomic E-state index is -0.913. The molecule has 33 heavy (non-hydrogen) atoms. The average Bonchev–Trinajstić information content (AvgIpc) is 2.79. The number of phenols is 1. The third kappa shape index (κ3) is 8.74. The van der Waals surface area contributed by atoms with E-state index in [-0.39, 0.29) is 24.5 Å². The van der Waals surface area contributed by atoms with E-state index < -0.39 is 35.8 Å². The number of carbonyl (C=O) groups is 4. The largest absolute Gasteiger partial charge is 0.508 e. The molecule has 2 rings (SSSR count). The second-order valence-electron chi connectivity index (χ2n) is 7.85. The van der Waals surface area contributed by atoms with Crippen molar-refractivity contribution in [1.82, 2.24) is 16.0 Å². The topological polar surface area (TPSA) is 151 Å². The number of ketones is 1. The number of amides is 3. The van der Waals surface area contributed by atoms with Gasteiger partial charge in [-0.25, -0.2) is 0 Å². The van der Waals surface area contributed by atoms with Gasteiger partial charge in [0.05, 0.1) is 18.6 Å². The highest BCUT2D eigenvalue weighted by atomic mass is 16.3. The van der Waals surface area contributed by atoms with Crippen LogP contribution in [-0.4, -0.2) is 53.3 Å². The van der Waals surface area contributed by atoms with E-state index in [0.717, 1.165) is 11.1 Å². The van der Waals surface area contributed by atoms with Crippen LogP contribution in [0.5, 0.6) is 5.75 Å². The molecule has 3 atom stereocenters. The summed E-state index contributed by atoms with van der Waals surface area (Å²) < 4.78 is 0. The van der Waals surface area contributed by atoms with Gasteiger partial charge in [0.1, 0.15) is 11.8 Å². The molecule has 2 aromatic carbocycles. The van der Waals surface area contributed by atoms with Crippen molar-refractivity contribution in [3.8, 4) is 5.75 Å². The Labute approximate surface area is 192 Å². The fourth-order valence-corrected chi connectivity index (χ4v) is 3.08. The van der Waals surface area contributed by atoms with Crippen LogP contribution in [0.2, 0.25) is 0 Å². The third-order valence-corrected chi connectivity index (χ3v) is 5.01. The van der Waals surface area contributed by atoms with Crippen LogP contribution in [0.3, 0.4) is 0 Å². The number of Topliss-reactive ketones (excluding diaryl/α,β-unsaturated/α-hetero) is 1. The lowest BCUT2D eigenvalue weighted by molar-refractivity contribution is -0.131. The Hall–Kier alpha value is -3.72. The van der Waals surface area contributed by atoms with Gasteiger partial charge in [0, 0.05) is 0 Å². The van der Waals surface area contributed by atoms with Gasteiger partial charge in [0.2, 0.25) is 17.7 Å². The maximum absolute atomic E-state index is 12.3. The van der Waals surface area contributed by atoms with Gasteiger partial charge in [-0.15, -0.1) is 0 Å². The van der Waals surface area contributed by atoms with E-state index in [4.69, 9.17) is 5.73 Å². The van der Waals surface area contributed by atoms with Crippen LogP contribution in [0.4, 0.5) is 0 Å². The number of hydrogen-bond acceptors (Lipinski definition) is 6. The molecule has 6 N–H and O–H groups in total. The van der Waals surface area contributed by atoms with Gasteiger partial charge in [0.15, 0.2) is 5.78 Å². The van der Waals surface area contributed by atoms with E-state index >= 15 is 0 Å². The number of hydrogen-bond donors (Lipinski definition) is 5. The van der Waals surface area contributed by atoms with Crippen LogP contribution in [-0.2, 0) is 32.0 Å². The van der Waals surface area contributed by atoms with Crippen LogP contribution in [0.25, 0.3) is 0 Å². The molecule has 0 radical (unpaired) electrons. The Kier molecular flexibility index (Phi) is 9.56. The standard InChI is InChI=1S/C24H30N4O5/c1-15(27-24(33)20(25)12-18-8-10-19(30)11-9-18)23(32)26-14-22(31)28-21(16(2)29)13-17-6-4-3-5-7-17/h3-11,15,20-21,30H,12-14,25H2,1-2H3,(H,26,32)(H,27,33)(H,28,31)/t15-,20+,21?/m1/s1.